The Labute approximate surface area is 130 Å². The number of hydrogen-bond donors (Lipinski definition) is 0. The van der Waals surface area contributed by atoms with Crippen molar-refractivity contribution >= 4 is 15.9 Å². The van der Waals surface area contributed by atoms with Crippen molar-refractivity contribution in [3.05, 3.63) is 29.6 Å². The van der Waals surface area contributed by atoms with E-state index in [1.807, 2.05) is 0 Å². The Hall–Kier alpha value is -1.47. The van der Waals surface area contributed by atoms with Gasteiger partial charge in [-0.3, -0.25) is 4.79 Å². The number of aryl methyl sites for hydroxylation is 1. The molecule has 0 spiro atoms. The molecule has 1 atom stereocenters. The molecule has 1 fully saturated rings. The summed E-state index contributed by atoms with van der Waals surface area (Å²) in [5.74, 6) is -0.995. The highest BCUT2D eigenvalue weighted by atomic mass is 32.2. The highest BCUT2D eigenvalue weighted by Crippen LogP contribution is 2.26. The Morgan fingerprint density at radius 3 is 2.68 bits per heavy atom. The number of rotatable bonds is 3. The summed E-state index contributed by atoms with van der Waals surface area (Å²) in [4.78, 5) is 13.5. The van der Waals surface area contributed by atoms with Crippen LogP contribution in [0.4, 0.5) is 4.39 Å². The average Bonchev–Trinajstić information content (AvgIpc) is 2.48. The van der Waals surface area contributed by atoms with E-state index in [-0.39, 0.29) is 23.3 Å². The molecule has 1 aliphatic heterocycles. The number of nitrogens with zero attached hydrogens (tertiary/aromatic N) is 2. The van der Waals surface area contributed by atoms with Gasteiger partial charge in [0.15, 0.2) is 0 Å². The van der Waals surface area contributed by atoms with Gasteiger partial charge >= 0.3 is 0 Å². The monoisotopic (exact) mass is 328 g/mol. The number of benzene rings is 1. The topological polar surface area (TPSA) is 57.7 Å². The van der Waals surface area contributed by atoms with Crippen LogP contribution < -0.4 is 0 Å². The van der Waals surface area contributed by atoms with Crippen molar-refractivity contribution in [2.24, 2.45) is 5.92 Å². The van der Waals surface area contributed by atoms with Crippen LogP contribution in [-0.4, -0.2) is 50.7 Å². The number of halogens is 1. The number of amides is 1. The molecular formula is C15H21FN2O3S. The summed E-state index contributed by atoms with van der Waals surface area (Å²) in [6.07, 6.45) is 1.29. The zero-order valence-electron chi connectivity index (χ0n) is 13.0. The first-order valence-electron chi connectivity index (χ1n) is 7.21. The lowest BCUT2D eigenvalue weighted by Gasteiger charge is -2.32. The van der Waals surface area contributed by atoms with Crippen LogP contribution in [0.15, 0.2) is 23.1 Å². The van der Waals surface area contributed by atoms with Crippen molar-refractivity contribution < 1.29 is 17.6 Å². The third kappa shape index (κ3) is 3.30. The van der Waals surface area contributed by atoms with Gasteiger partial charge in [0.1, 0.15) is 5.82 Å². The van der Waals surface area contributed by atoms with E-state index in [0.717, 1.165) is 6.07 Å². The molecule has 0 saturated carbocycles. The number of carbonyl (C=O) groups is 1. The molecule has 122 valence electrons. The van der Waals surface area contributed by atoms with Gasteiger partial charge in [0.05, 0.1) is 10.8 Å². The van der Waals surface area contributed by atoms with Crippen molar-refractivity contribution in [1.29, 1.82) is 0 Å². The first kappa shape index (κ1) is 16.9. The number of sulfonamides is 1. The highest BCUT2D eigenvalue weighted by molar-refractivity contribution is 7.89. The molecule has 1 amide bonds. The molecule has 0 bridgehead atoms. The second-order valence-corrected chi connectivity index (χ2v) is 7.75. The number of hydrogen-bond acceptors (Lipinski definition) is 3. The maximum absolute atomic E-state index is 13.4. The van der Waals surface area contributed by atoms with Gasteiger partial charge in [-0.2, -0.15) is 4.31 Å². The fourth-order valence-electron chi connectivity index (χ4n) is 2.72. The smallest absolute Gasteiger partial charge is 0.243 e. The normalized spacial score (nSPS) is 19.9. The molecule has 0 radical (unpaired) electrons. The highest BCUT2D eigenvalue weighted by Gasteiger charge is 2.34. The lowest BCUT2D eigenvalue weighted by Crippen LogP contribution is -2.45. The van der Waals surface area contributed by atoms with Gasteiger partial charge in [-0.1, -0.05) is 6.07 Å². The molecule has 2 rings (SSSR count). The predicted octanol–water partition coefficient (Wildman–Crippen LogP) is 1.62. The number of piperidine rings is 1. The SMILES string of the molecule is Cc1ccc(F)cc1S(=O)(=O)N1CCC[C@@H](C(=O)N(C)C)C1. The summed E-state index contributed by atoms with van der Waals surface area (Å²) in [5, 5.41) is 0. The van der Waals surface area contributed by atoms with Crippen LogP contribution in [0.25, 0.3) is 0 Å². The minimum Gasteiger partial charge on any atom is -0.349 e. The lowest BCUT2D eigenvalue weighted by atomic mass is 9.98. The zero-order chi connectivity index (χ0) is 16.5. The Morgan fingerprint density at radius 1 is 1.36 bits per heavy atom. The third-order valence-corrected chi connectivity index (χ3v) is 5.95. The van der Waals surface area contributed by atoms with E-state index in [0.29, 0.717) is 24.9 Å². The van der Waals surface area contributed by atoms with E-state index in [2.05, 4.69) is 0 Å². The molecule has 5 nitrogen and oxygen atoms in total. The van der Waals surface area contributed by atoms with E-state index < -0.39 is 15.8 Å². The first-order chi connectivity index (χ1) is 10.2. The van der Waals surface area contributed by atoms with Gasteiger partial charge in [0.2, 0.25) is 15.9 Å². The average molecular weight is 328 g/mol. The molecule has 0 N–H and O–H groups in total. The second-order valence-electron chi connectivity index (χ2n) is 5.84. The quantitative estimate of drug-likeness (QED) is 0.847. The molecule has 1 aliphatic rings. The van der Waals surface area contributed by atoms with E-state index in [1.54, 1.807) is 21.0 Å². The zero-order valence-corrected chi connectivity index (χ0v) is 13.9. The standard InChI is InChI=1S/C15H21FN2O3S/c1-11-6-7-13(16)9-14(11)22(20,21)18-8-4-5-12(10-18)15(19)17(2)3/h6-7,9,12H,4-5,8,10H2,1-3H3/t12-/m1/s1. The molecule has 22 heavy (non-hydrogen) atoms. The van der Waals surface area contributed by atoms with Gasteiger partial charge < -0.3 is 4.90 Å². The molecular weight excluding hydrogens is 307 g/mol. The summed E-state index contributed by atoms with van der Waals surface area (Å²) < 4.78 is 40.2. The maximum Gasteiger partial charge on any atom is 0.243 e. The molecule has 1 saturated heterocycles. The van der Waals surface area contributed by atoms with Crippen LogP contribution >= 0.6 is 0 Å². The van der Waals surface area contributed by atoms with E-state index in [1.165, 1.54) is 21.3 Å². The van der Waals surface area contributed by atoms with E-state index in [9.17, 15) is 17.6 Å². The maximum atomic E-state index is 13.4. The van der Waals surface area contributed by atoms with Crippen LogP contribution in [0.2, 0.25) is 0 Å². The predicted molar refractivity (Wildman–Crippen MR) is 81.3 cm³/mol. The molecule has 0 aliphatic carbocycles. The summed E-state index contributed by atoms with van der Waals surface area (Å²) in [5.41, 5.74) is 0.502. The van der Waals surface area contributed by atoms with Crippen LogP contribution in [0.5, 0.6) is 0 Å². The van der Waals surface area contributed by atoms with Crippen molar-refractivity contribution in [2.45, 2.75) is 24.7 Å². The number of carbonyl (C=O) groups excluding carboxylic acids is 1. The molecule has 1 heterocycles. The molecule has 7 heteroatoms. The van der Waals surface area contributed by atoms with Gasteiger partial charge in [-0.05, 0) is 37.5 Å². The van der Waals surface area contributed by atoms with Crippen molar-refractivity contribution in [2.75, 3.05) is 27.2 Å². The van der Waals surface area contributed by atoms with E-state index in [4.69, 9.17) is 0 Å². The minimum absolute atomic E-state index is 0.0227. The van der Waals surface area contributed by atoms with Crippen LogP contribution in [-0.2, 0) is 14.8 Å². The van der Waals surface area contributed by atoms with Crippen molar-refractivity contribution in [3.8, 4) is 0 Å². The van der Waals surface area contributed by atoms with Crippen LogP contribution in [0.3, 0.4) is 0 Å². The van der Waals surface area contributed by atoms with E-state index >= 15 is 0 Å². The van der Waals surface area contributed by atoms with Gasteiger partial charge in [0.25, 0.3) is 0 Å². The Kier molecular flexibility index (Phi) is 4.87. The first-order valence-corrected chi connectivity index (χ1v) is 8.65. The minimum atomic E-state index is -3.78. The Balaban J connectivity index is 2.29. The fraction of sp³-hybridized carbons (Fsp3) is 0.533. The summed E-state index contributed by atoms with van der Waals surface area (Å²) in [6, 6.07) is 3.74. The Morgan fingerprint density at radius 2 is 2.05 bits per heavy atom. The largest absolute Gasteiger partial charge is 0.349 e. The van der Waals surface area contributed by atoms with Gasteiger partial charge in [-0.15, -0.1) is 0 Å². The third-order valence-electron chi connectivity index (χ3n) is 3.94. The molecule has 1 aromatic carbocycles. The molecule has 1 aromatic rings. The van der Waals surface area contributed by atoms with Crippen LogP contribution in [0.1, 0.15) is 18.4 Å². The molecule has 0 unspecified atom stereocenters. The fourth-order valence-corrected chi connectivity index (χ4v) is 4.48. The second kappa shape index (κ2) is 6.34. The van der Waals surface area contributed by atoms with Crippen LogP contribution in [0, 0.1) is 18.7 Å². The van der Waals surface area contributed by atoms with Gasteiger partial charge in [-0.25, -0.2) is 12.8 Å². The lowest BCUT2D eigenvalue weighted by molar-refractivity contribution is -0.134. The summed E-state index contributed by atoms with van der Waals surface area (Å²) >= 11 is 0. The molecule has 0 aromatic heterocycles. The van der Waals surface area contributed by atoms with Gasteiger partial charge in [0, 0.05) is 27.2 Å². The van der Waals surface area contributed by atoms with Crippen molar-refractivity contribution in [1.82, 2.24) is 9.21 Å². The Bertz CT molecular complexity index is 673. The summed E-state index contributed by atoms with van der Waals surface area (Å²) in [7, 11) is -0.466. The van der Waals surface area contributed by atoms with Crippen molar-refractivity contribution in [3.63, 3.8) is 0 Å². The summed E-state index contributed by atoms with van der Waals surface area (Å²) in [6.45, 7) is 2.14.